The van der Waals surface area contributed by atoms with Gasteiger partial charge in [-0.25, -0.2) is 4.99 Å². The molecule has 3 aromatic carbocycles. The van der Waals surface area contributed by atoms with Crippen LogP contribution in [0.15, 0.2) is 70.1 Å². The predicted molar refractivity (Wildman–Crippen MR) is 125 cm³/mol. The zero-order chi connectivity index (χ0) is 22.7. The lowest BCUT2D eigenvalue weighted by Gasteiger charge is -2.11. The minimum atomic E-state index is 0.584. The molecule has 0 amide bonds. The number of rotatable bonds is 6. The lowest BCUT2D eigenvalue weighted by molar-refractivity contribution is 0.355. The summed E-state index contributed by atoms with van der Waals surface area (Å²) in [5.74, 6) is 3.14. The normalized spacial score (nSPS) is 11.5. The fourth-order valence-corrected chi connectivity index (χ4v) is 3.55. The Hall–Kier alpha value is -3.64. The number of halogens is 1. The summed E-state index contributed by atoms with van der Waals surface area (Å²) >= 11 is 6.27. The first-order chi connectivity index (χ1) is 15.6. The van der Waals surface area contributed by atoms with Gasteiger partial charge in [-0.15, -0.1) is 0 Å². The molecule has 0 radical (unpaired) electrons. The maximum absolute atomic E-state index is 6.27. The number of ether oxygens (including phenoxy) is 4. The Bertz CT molecular complexity index is 1350. The molecule has 32 heavy (non-hydrogen) atoms. The van der Waals surface area contributed by atoms with Crippen molar-refractivity contribution in [3.8, 4) is 34.3 Å². The van der Waals surface area contributed by atoms with Gasteiger partial charge in [0.25, 0.3) is 0 Å². The van der Waals surface area contributed by atoms with E-state index in [9.17, 15) is 0 Å². The first kappa shape index (κ1) is 21.6. The monoisotopic (exact) mass is 451 g/mol. The van der Waals surface area contributed by atoms with Crippen molar-refractivity contribution in [3.63, 3.8) is 0 Å². The highest BCUT2D eigenvalue weighted by Crippen LogP contribution is 2.34. The van der Waals surface area contributed by atoms with Crippen LogP contribution in [-0.2, 0) is 0 Å². The number of fused-ring (bicyclic) bond motifs is 1. The zero-order valence-corrected chi connectivity index (χ0v) is 18.9. The Morgan fingerprint density at radius 2 is 1.47 bits per heavy atom. The van der Waals surface area contributed by atoms with E-state index >= 15 is 0 Å². The van der Waals surface area contributed by atoms with E-state index in [0.717, 1.165) is 10.9 Å². The van der Waals surface area contributed by atoms with Crippen LogP contribution in [0, 0.1) is 0 Å². The number of methoxy groups -OCH3 is 4. The second kappa shape index (κ2) is 9.24. The molecule has 164 valence electrons. The van der Waals surface area contributed by atoms with Crippen molar-refractivity contribution in [2.45, 2.75) is 0 Å². The highest BCUT2D eigenvalue weighted by molar-refractivity contribution is 6.31. The summed E-state index contributed by atoms with van der Waals surface area (Å²) in [4.78, 5) is 4.87. The van der Waals surface area contributed by atoms with Gasteiger partial charge in [-0.2, -0.15) is 0 Å². The first-order valence-electron chi connectivity index (χ1n) is 9.79. The molecule has 6 nitrogen and oxygen atoms in total. The van der Waals surface area contributed by atoms with Gasteiger partial charge in [0.1, 0.15) is 28.5 Å². The Balaban J connectivity index is 1.99. The Morgan fingerprint density at radius 1 is 0.719 bits per heavy atom. The van der Waals surface area contributed by atoms with Crippen LogP contribution in [0.1, 0.15) is 0 Å². The lowest BCUT2D eigenvalue weighted by Crippen LogP contribution is -2.04. The summed E-state index contributed by atoms with van der Waals surface area (Å²) in [7, 11) is 6.40. The average molecular weight is 452 g/mol. The molecule has 7 heteroatoms. The van der Waals surface area contributed by atoms with E-state index < -0.39 is 0 Å². The number of benzene rings is 3. The fourth-order valence-electron chi connectivity index (χ4n) is 3.38. The molecule has 0 saturated carbocycles. The highest BCUT2D eigenvalue weighted by Gasteiger charge is 2.12. The molecule has 1 heterocycles. The molecule has 0 atom stereocenters. The van der Waals surface area contributed by atoms with E-state index in [2.05, 4.69) is 0 Å². The van der Waals surface area contributed by atoms with Crippen LogP contribution in [0.25, 0.3) is 22.3 Å². The van der Waals surface area contributed by atoms with Crippen molar-refractivity contribution >= 4 is 28.3 Å². The van der Waals surface area contributed by atoms with Gasteiger partial charge in [-0.1, -0.05) is 11.6 Å². The van der Waals surface area contributed by atoms with E-state index in [4.69, 9.17) is 40.0 Å². The predicted octanol–water partition coefficient (Wildman–Crippen LogP) is 6.02. The molecule has 0 aliphatic carbocycles. The molecule has 4 aromatic rings. The number of hydrogen-bond donors (Lipinski definition) is 0. The summed E-state index contributed by atoms with van der Waals surface area (Å²) < 4.78 is 27.8. The van der Waals surface area contributed by atoms with Gasteiger partial charge in [-0.05, 0) is 48.5 Å². The van der Waals surface area contributed by atoms with Crippen LogP contribution in [-0.4, -0.2) is 28.4 Å². The van der Waals surface area contributed by atoms with Gasteiger partial charge in [0.05, 0.1) is 33.8 Å². The van der Waals surface area contributed by atoms with Crippen molar-refractivity contribution in [2.24, 2.45) is 4.99 Å². The molecule has 0 unspecified atom stereocenters. The molecule has 0 aliphatic rings. The first-order valence-corrected chi connectivity index (χ1v) is 10.2. The molecule has 4 rings (SSSR count). The molecule has 0 aliphatic heterocycles. The van der Waals surface area contributed by atoms with Crippen molar-refractivity contribution in [1.82, 2.24) is 0 Å². The highest BCUT2D eigenvalue weighted by atomic mass is 35.5. The quantitative estimate of drug-likeness (QED) is 0.358. The van der Waals surface area contributed by atoms with Crippen LogP contribution in [0.4, 0.5) is 5.69 Å². The van der Waals surface area contributed by atoms with Gasteiger partial charge < -0.3 is 23.4 Å². The van der Waals surface area contributed by atoms with Crippen molar-refractivity contribution < 1.29 is 23.4 Å². The van der Waals surface area contributed by atoms with Crippen LogP contribution >= 0.6 is 11.6 Å². The number of nitrogens with zero attached hydrogens (tertiary/aromatic N) is 1. The van der Waals surface area contributed by atoms with Crippen LogP contribution < -0.4 is 24.3 Å². The fraction of sp³-hybridized carbons (Fsp3) is 0.160. The van der Waals surface area contributed by atoms with Gasteiger partial charge in [0, 0.05) is 28.1 Å². The summed E-state index contributed by atoms with van der Waals surface area (Å²) in [6, 6.07) is 18.3. The van der Waals surface area contributed by atoms with E-state index in [1.807, 2.05) is 54.6 Å². The van der Waals surface area contributed by atoms with Crippen molar-refractivity contribution in [2.75, 3.05) is 28.4 Å². The molecule has 1 aromatic heterocycles. The maximum atomic E-state index is 6.27. The smallest absolute Gasteiger partial charge is 0.161 e. The Kier molecular flexibility index (Phi) is 6.23. The van der Waals surface area contributed by atoms with Gasteiger partial charge in [0.2, 0.25) is 0 Å². The van der Waals surface area contributed by atoms with E-state index in [-0.39, 0.29) is 0 Å². The van der Waals surface area contributed by atoms with Crippen molar-refractivity contribution in [3.05, 3.63) is 71.0 Å². The lowest BCUT2D eigenvalue weighted by atomic mass is 10.1. The second-order valence-electron chi connectivity index (χ2n) is 6.86. The Morgan fingerprint density at radius 3 is 2.19 bits per heavy atom. The third-order valence-electron chi connectivity index (χ3n) is 5.00. The minimum Gasteiger partial charge on any atom is -0.497 e. The van der Waals surface area contributed by atoms with Gasteiger partial charge in [-0.3, -0.25) is 0 Å². The summed E-state index contributed by atoms with van der Waals surface area (Å²) in [5, 5.41) is 2.03. The SMILES string of the molecule is COc1ccc(OC)c(N=c2cc(-c3ccc(OC)c(OC)c3)oc3ccc(Cl)cc23)c1. The molecule has 0 saturated heterocycles. The van der Waals surface area contributed by atoms with Gasteiger partial charge in [0.15, 0.2) is 11.5 Å². The molecule has 0 spiro atoms. The second-order valence-corrected chi connectivity index (χ2v) is 7.29. The molecule has 0 bridgehead atoms. The topological polar surface area (TPSA) is 62.4 Å². The van der Waals surface area contributed by atoms with E-state index in [0.29, 0.717) is 50.4 Å². The molecule has 0 fully saturated rings. The summed E-state index contributed by atoms with van der Waals surface area (Å²) in [6.45, 7) is 0. The summed E-state index contributed by atoms with van der Waals surface area (Å²) in [5.41, 5.74) is 2.08. The standard InChI is InChI=1S/C25H22ClNO5/c1-28-17-7-10-22(29-2)20(13-17)27-19-14-24(32-21-9-6-16(26)12-18(19)21)15-5-8-23(30-3)25(11-15)31-4/h5-14H,1-4H3. The van der Waals surface area contributed by atoms with Crippen molar-refractivity contribution in [1.29, 1.82) is 0 Å². The Labute approximate surface area is 190 Å². The largest absolute Gasteiger partial charge is 0.497 e. The third-order valence-corrected chi connectivity index (χ3v) is 5.24. The van der Waals surface area contributed by atoms with E-state index in [1.54, 1.807) is 34.5 Å². The van der Waals surface area contributed by atoms with Crippen LogP contribution in [0.5, 0.6) is 23.0 Å². The molecular formula is C25H22ClNO5. The van der Waals surface area contributed by atoms with Crippen LogP contribution in [0.2, 0.25) is 5.02 Å². The summed E-state index contributed by atoms with van der Waals surface area (Å²) in [6.07, 6.45) is 0. The molecule has 0 N–H and O–H groups in total. The zero-order valence-electron chi connectivity index (χ0n) is 18.1. The maximum Gasteiger partial charge on any atom is 0.161 e. The number of hydrogen-bond acceptors (Lipinski definition) is 6. The minimum absolute atomic E-state index is 0.584. The van der Waals surface area contributed by atoms with E-state index in [1.165, 1.54) is 0 Å². The van der Waals surface area contributed by atoms with Gasteiger partial charge >= 0.3 is 0 Å². The van der Waals surface area contributed by atoms with Crippen LogP contribution in [0.3, 0.4) is 0 Å². The third kappa shape index (κ3) is 4.22. The molecular weight excluding hydrogens is 430 g/mol. The average Bonchev–Trinajstić information content (AvgIpc) is 2.83.